The molecule has 0 heterocycles. The summed E-state index contributed by atoms with van der Waals surface area (Å²) in [7, 11) is 0. The van der Waals surface area contributed by atoms with E-state index >= 15 is 0 Å². The molecule has 1 rings (SSSR count). The van der Waals surface area contributed by atoms with Crippen molar-refractivity contribution in [3.8, 4) is 11.5 Å². The van der Waals surface area contributed by atoms with E-state index in [1.165, 1.54) is 18.2 Å². The highest BCUT2D eigenvalue weighted by molar-refractivity contribution is 5.99. The molecule has 15 heavy (non-hydrogen) atoms. The zero-order chi connectivity index (χ0) is 11.6. The second-order valence-corrected chi connectivity index (χ2v) is 4.38. The van der Waals surface area contributed by atoms with Gasteiger partial charge in [0.15, 0.2) is 0 Å². The van der Waals surface area contributed by atoms with E-state index in [0.717, 1.165) is 0 Å². The minimum Gasteiger partial charge on any atom is -0.507 e. The van der Waals surface area contributed by atoms with Crippen molar-refractivity contribution in [2.75, 3.05) is 0 Å². The first-order valence-corrected chi connectivity index (χ1v) is 4.65. The Kier molecular flexibility index (Phi) is 2.88. The van der Waals surface area contributed by atoms with Crippen LogP contribution in [0.5, 0.6) is 11.5 Å². The van der Waals surface area contributed by atoms with Crippen molar-refractivity contribution >= 4 is 5.91 Å². The van der Waals surface area contributed by atoms with E-state index in [1.807, 2.05) is 20.8 Å². The number of hydrogen-bond acceptors (Lipinski definition) is 3. The van der Waals surface area contributed by atoms with Crippen LogP contribution in [0.25, 0.3) is 0 Å². The fourth-order valence-corrected chi connectivity index (χ4v) is 1.16. The van der Waals surface area contributed by atoms with E-state index in [2.05, 4.69) is 5.32 Å². The van der Waals surface area contributed by atoms with Gasteiger partial charge in [0.25, 0.3) is 5.91 Å². The summed E-state index contributed by atoms with van der Waals surface area (Å²) >= 11 is 0. The van der Waals surface area contributed by atoms with E-state index in [1.54, 1.807) is 0 Å². The van der Waals surface area contributed by atoms with E-state index < -0.39 is 11.4 Å². The maximum absolute atomic E-state index is 11.7. The molecule has 4 heteroatoms. The van der Waals surface area contributed by atoms with Gasteiger partial charge >= 0.3 is 0 Å². The monoisotopic (exact) mass is 209 g/mol. The number of nitrogens with one attached hydrogen (secondary N) is 1. The van der Waals surface area contributed by atoms with Gasteiger partial charge in [0.1, 0.15) is 17.1 Å². The van der Waals surface area contributed by atoms with E-state index in [4.69, 9.17) is 0 Å². The molecule has 3 N–H and O–H groups in total. The second-order valence-electron chi connectivity index (χ2n) is 4.38. The highest BCUT2D eigenvalue weighted by Gasteiger charge is 2.20. The fourth-order valence-electron chi connectivity index (χ4n) is 1.16. The number of carbonyl (C=O) groups excluding carboxylic acids is 1. The van der Waals surface area contributed by atoms with Crippen molar-refractivity contribution in [2.24, 2.45) is 0 Å². The maximum Gasteiger partial charge on any atom is 0.259 e. The van der Waals surface area contributed by atoms with Crippen LogP contribution in [0.15, 0.2) is 18.2 Å². The molecular formula is C11H15NO3. The van der Waals surface area contributed by atoms with Crippen molar-refractivity contribution in [1.82, 2.24) is 5.32 Å². The van der Waals surface area contributed by atoms with Crippen molar-refractivity contribution in [1.29, 1.82) is 0 Å². The SMILES string of the molecule is CC(C)(C)NC(=O)c1c(O)cccc1O. The molecule has 1 aromatic carbocycles. The molecule has 0 aromatic heterocycles. The summed E-state index contributed by atoms with van der Waals surface area (Å²) in [6.07, 6.45) is 0. The van der Waals surface area contributed by atoms with Gasteiger partial charge in [0, 0.05) is 5.54 Å². The Morgan fingerprint density at radius 2 is 1.67 bits per heavy atom. The highest BCUT2D eigenvalue weighted by atomic mass is 16.3. The Labute approximate surface area is 88.6 Å². The molecule has 0 atom stereocenters. The van der Waals surface area contributed by atoms with Gasteiger partial charge < -0.3 is 15.5 Å². The molecule has 0 aliphatic heterocycles. The molecule has 0 spiro atoms. The first-order valence-electron chi connectivity index (χ1n) is 4.65. The molecule has 0 fully saturated rings. The summed E-state index contributed by atoms with van der Waals surface area (Å²) in [5.41, 5.74) is -0.501. The minimum atomic E-state index is -0.488. The predicted octanol–water partition coefficient (Wildman–Crippen LogP) is 1.63. The summed E-state index contributed by atoms with van der Waals surface area (Å²) in [6.45, 7) is 5.46. The lowest BCUT2D eigenvalue weighted by molar-refractivity contribution is 0.0914. The number of hydrogen-bond donors (Lipinski definition) is 3. The van der Waals surface area contributed by atoms with Gasteiger partial charge in [-0.3, -0.25) is 4.79 Å². The van der Waals surface area contributed by atoms with Gasteiger partial charge in [-0.1, -0.05) is 6.07 Å². The molecule has 0 bridgehead atoms. The van der Waals surface area contributed by atoms with Crippen molar-refractivity contribution < 1.29 is 15.0 Å². The molecule has 0 radical (unpaired) electrons. The molecule has 4 nitrogen and oxygen atoms in total. The van der Waals surface area contributed by atoms with Gasteiger partial charge in [-0.15, -0.1) is 0 Å². The first kappa shape index (κ1) is 11.4. The molecule has 0 unspecified atom stereocenters. The topological polar surface area (TPSA) is 69.6 Å². The molecule has 0 aliphatic carbocycles. The van der Waals surface area contributed by atoms with Gasteiger partial charge in [-0.2, -0.15) is 0 Å². The smallest absolute Gasteiger partial charge is 0.259 e. The number of phenolic OH excluding ortho intramolecular Hbond substituents is 2. The molecule has 0 saturated heterocycles. The average Bonchev–Trinajstić information content (AvgIpc) is 1.99. The Balaban J connectivity index is 3.02. The normalized spacial score (nSPS) is 11.1. The number of benzene rings is 1. The van der Waals surface area contributed by atoms with Crippen LogP contribution in [0.4, 0.5) is 0 Å². The van der Waals surface area contributed by atoms with Crippen LogP contribution in [-0.2, 0) is 0 Å². The first-order chi connectivity index (χ1) is 6.81. The second kappa shape index (κ2) is 3.81. The Bertz CT molecular complexity index is 360. The van der Waals surface area contributed by atoms with Crippen LogP contribution >= 0.6 is 0 Å². The number of rotatable bonds is 1. The van der Waals surface area contributed by atoms with Crippen LogP contribution < -0.4 is 5.32 Å². The van der Waals surface area contributed by atoms with Crippen LogP contribution in [0, 0.1) is 0 Å². The molecule has 1 amide bonds. The third kappa shape index (κ3) is 2.87. The molecule has 0 saturated carbocycles. The fraction of sp³-hybridized carbons (Fsp3) is 0.364. The predicted molar refractivity (Wildman–Crippen MR) is 57.0 cm³/mol. The summed E-state index contributed by atoms with van der Waals surface area (Å²) in [6, 6.07) is 4.19. The molecular weight excluding hydrogens is 194 g/mol. The van der Waals surface area contributed by atoms with Gasteiger partial charge in [0.05, 0.1) is 0 Å². The number of phenols is 2. The third-order valence-corrected chi connectivity index (χ3v) is 1.74. The largest absolute Gasteiger partial charge is 0.507 e. The van der Waals surface area contributed by atoms with E-state index in [9.17, 15) is 15.0 Å². The lowest BCUT2D eigenvalue weighted by atomic mass is 10.1. The summed E-state index contributed by atoms with van der Waals surface area (Å²) < 4.78 is 0. The lowest BCUT2D eigenvalue weighted by Crippen LogP contribution is -2.40. The van der Waals surface area contributed by atoms with Crippen LogP contribution in [-0.4, -0.2) is 21.7 Å². The van der Waals surface area contributed by atoms with Gasteiger partial charge in [0.2, 0.25) is 0 Å². The van der Waals surface area contributed by atoms with Crippen molar-refractivity contribution in [3.63, 3.8) is 0 Å². The standard InChI is InChI=1S/C11H15NO3/c1-11(2,3)12-10(15)9-7(13)5-4-6-8(9)14/h4-6,13-14H,1-3H3,(H,12,15). The summed E-state index contributed by atoms with van der Waals surface area (Å²) in [4.78, 5) is 11.7. The quantitative estimate of drug-likeness (QED) is 0.658. The maximum atomic E-state index is 11.7. The summed E-state index contributed by atoms with van der Waals surface area (Å²) in [5, 5.41) is 21.5. The van der Waals surface area contributed by atoms with Crippen molar-refractivity contribution in [3.05, 3.63) is 23.8 Å². The third-order valence-electron chi connectivity index (χ3n) is 1.74. The number of aromatic hydroxyl groups is 2. The van der Waals surface area contributed by atoms with E-state index in [0.29, 0.717) is 0 Å². The molecule has 0 aliphatic rings. The van der Waals surface area contributed by atoms with E-state index in [-0.39, 0.29) is 17.1 Å². The van der Waals surface area contributed by atoms with Crippen LogP contribution in [0.2, 0.25) is 0 Å². The Hall–Kier alpha value is -1.71. The van der Waals surface area contributed by atoms with Gasteiger partial charge in [-0.25, -0.2) is 0 Å². The zero-order valence-electron chi connectivity index (χ0n) is 9.03. The number of carbonyl (C=O) groups is 1. The van der Waals surface area contributed by atoms with Crippen molar-refractivity contribution in [2.45, 2.75) is 26.3 Å². The average molecular weight is 209 g/mol. The van der Waals surface area contributed by atoms with Crippen LogP contribution in [0.1, 0.15) is 31.1 Å². The Morgan fingerprint density at radius 3 is 2.07 bits per heavy atom. The Morgan fingerprint density at radius 1 is 1.20 bits per heavy atom. The van der Waals surface area contributed by atoms with Crippen LogP contribution in [0.3, 0.4) is 0 Å². The summed E-state index contributed by atoms with van der Waals surface area (Å²) in [5.74, 6) is -0.938. The highest BCUT2D eigenvalue weighted by Crippen LogP contribution is 2.26. The number of amides is 1. The molecule has 82 valence electrons. The minimum absolute atomic E-state index is 0.0903. The lowest BCUT2D eigenvalue weighted by Gasteiger charge is -2.21. The van der Waals surface area contributed by atoms with Gasteiger partial charge in [-0.05, 0) is 32.9 Å². The molecule has 1 aromatic rings. The zero-order valence-corrected chi connectivity index (χ0v) is 9.03.